The number of nitrogens with two attached hydrogens (primary N) is 1. The Morgan fingerprint density at radius 2 is 1.80 bits per heavy atom. The minimum atomic E-state index is -0.315. The van der Waals surface area contributed by atoms with Gasteiger partial charge < -0.3 is 15.2 Å². The third-order valence-electron chi connectivity index (χ3n) is 5.51. The number of ether oxygens (including phenoxy) is 2. The van der Waals surface area contributed by atoms with E-state index in [9.17, 15) is 4.79 Å². The van der Waals surface area contributed by atoms with E-state index in [4.69, 9.17) is 20.2 Å². The molecular weight excluding hydrogens is 480 g/mol. The molecule has 0 aliphatic rings. The average molecular weight is 503 g/mol. The van der Waals surface area contributed by atoms with Gasteiger partial charge in [-0.05, 0) is 31.2 Å². The summed E-state index contributed by atoms with van der Waals surface area (Å²) < 4.78 is 11.1. The zero-order valence-corrected chi connectivity index (χ0v) is 20.9. The number of rotatable bonds is 6. The number of carbonyl (C=O) groups is 1. The number of benzene rings is 2. The van der Waals surface area contributed by atoms with Crippen LogP contribution in [0.15, 0.2) is 60.0 Å². The van der Waals surface area contributed by atoms with E-state index in [1.165, 1.54) is 22.7 Å². The van der Waals surface area contributed by atoms with Crippen molar-refractivity contribution >= 4 is 49.6 Å². The third kappa shape index (κ3) is 4.31. The van der Waals surface area contributed by atoms with Crippen molar-refractivity contribution in [1.29, 1.82) is 0 Å². The lowest BCUT2D eigenvalue weighted by Gasteiger charge is -2.13. The van der Waals surface area contributed by atoms with E-state index in [2.05, 4.69) is 10.3 Å². The number of pyridine rings is 1. The summed E-state index contributed by atoms with van der Waals surface area (Å²) in [5.41, 5.74) is 11.1. The summed E-state index contributed by atoms with van der Waals surface area (Å²) in [6.45, 7) is 1.88. The first-order valence-corrected chi connectivity index (χ1v) is 12.4. The van der Waals surface area contributed by atoms with Gasteiger partial charge in [-0.15, -0.1) is 22.7 Å². The number of fused-ring (bicyclic) bond motifs is 1. The van der Waals surface area contributed by atoms with Crippen LogP contribution in [-0.2, 0) is 0 Å². The Bertz CT molecular complexity index is 1540. The normalized spacial score (nSPS) is 10.9. The summed E-state index contributed by atoms with van der Waals surface area (Å²) in [6, 6.07) is 17.4. The Hall–Kier alpha value is -3.95. The van der Waals surface area contributed by atoms with Crippen molar-refractivity contribution in [2.75, 3.05) is 25.3 Å². The molecule has 0 bridgehead atoms. The molecule has 3 heterocycles. The van der Waals surface area contributed by atoms with Gasteiger partial charge in [0.15, 0.2) is 5.13 Å². The number of amides is 1. The molecule has 0 unspecified atom stereocenters. The van der Waals surface area contributed by atoms with Crippen LogP contribution in [-0.4, -0.2) is 30.1 Å². The summed E-state index contributed by atoms with van der Waals surface area (Å²) in [4.78, 5) is 23.4. The molecular formula is C26H22N4O3S2. The molecule has 0 atom stereocenters. The number of nitrogens with zero attached hydrogens (tertiary/aromatic N) is 2. The number of methoxy groups -OCH3 is 2. The van der Waals surface area contributed by atoms with Gasteiger partial charge in [0.2, 0.25) is 0 Å². The maximum absolute atomic E-state index is 13.2. The van der Waals surface area contributed by atoms with E-state index >= 15 is 0 Å². The van der Waals surface area contributed by atoms with Crippen molar-refractivity contribution in [2.24, 2.45) is 0 Å². The number of hydrogen-bond donors (Lipinski definition) is 2. The molecule has 3 aromatic heterocycles. The lowest BCUT2D eigenvalue weighted by molar-refractivity contribution is 0.103. The molecule has 0 saturated heterocycles. The van der Waals surface area contributed by atoms with Crippen LogP contribution < -0.4 is 20.5 Å². The van der Waals surface area contributed by atoms with Crippen molar-refractivity contribution in [3.63, 3.8) is 0 Å². The molecule has 0 radical (unpaired) electrons. The van der Waals surface area contributed by atoms with E-state index in [0.717, 1.165) is 28.1 Å². The third-order valence-corrected chi connectivity index (χ3v) is 7.48. The van der Waals surface area contributed by atoms with E-state index in [-0.39, 0.29) is 5.91 Å². The Labute approximate surface area is 210 Å². The molecule has 9 heteroatoms. The lowest BCUT2D eigenvalue weighted by atomic mass is 9.98. The Morgan fingerprint density at radius 3 is 2.49 bits per heavy atom. The second kappa shape index (κ2) is 9.36. The maximum Gasteiger partial charge on any atom is 0.269 e. The first-order valence-electron chi connectivity index (χ1n) is 10.7. The van der Waals surface area contributed by atoms with Gasteiger partial charge in [-0.1, -0.05) is 30.3 Å². The number of anilines is 2. The zero-order valence-electron chi connectivity index (χ0n) is 19.3. The van der Waals surface area contributed by atoms with Gasteiger partial charge in [0.25, 0.3) is 5.91 Å². The fourth-order valence-corrected chi connectivity index (χ4v) is 5.55. The molecule has 1 amide bonds. The SMILES string of the molecule is COc1ccc(OC)c(-c2cc(-c3ccccc3)nc3sc(C(=O)Nc4nc(C)cs4)c(N)c23)c1. The predicted molar refractivity (Wildman–Crippen MR) is 143 cm³/mol. The molecule has 2 aromatic carbocycles. The van der Waals surface area contributed by atoms with Crippen LogP contribution in [0, 0.1) is 6.92 Å². The van der Waals surface area contributed by atoms with E-state index in [1.54, 1.807) is 14.2 Å². The lowest BCUT2D eigenvalue weighted by Crippen LogP contribution is -2.11. The topological polar surface area (TPSA) is 99.4 Å². The number of carbonyl (C=O) groups excluding carboxylic acids is 1. The van der Waals surface area contributed by atoms with Crippen LogP contribution in [0.4, 0.5) is 10.8 Å². The van der Waals surface area contributed by atoms with Crippen LogP contribution in [0.5, 0.6) is 11.5 Å². The summed E-state index contributed by atoms with van der Waals surface area (Å²) in [5.74, 6) is 1.02. The predicted octanol–water partition coefficient (Wildman–Crippen LogP) is 6.25. The minimum Gasteiger partial charge on any atom is -0.497 e. The monoisotopic (exact) mass is 502 g/mol. The first-order chi connectivity index (χ1) is 17.0. The smallest absolute Gasteiger partial charge is 0.269 e. The number of hydrogen-bond acceptors (Lipinski definition) is 8. The van der Waals surface area contributed by atoms with Crippen molar-refractivity contribution in [3.05, 3.63) is 70.5 Å². The molecule has 0 saturated carbocycles. The highest BCUT2D eigenvalue weighted by Gasteiger charge is 2.24. The van der Waals surface area contributed by atoms with Crippen LogP contribution in [0.2, 0.25) is 0 Å². The highest BCUT2D eigenvalue weighted by Crippen LogP contribution is 2.44. The van der Waals surface area contributed by atoms with Gasteiger partial charge in [-0.25, -0.2) is 9.97 Å². The summed E-state index contributed by atoms with van der Waals surface area (Å²) >= 11 is 2.62. The first kappa shape index (κ1) is 22.8. The fourth-order valence-electron chi connectivity index (χ4n) is 3.85. The number of thiophene rings is 1. The molecule has 176 valence electrons. The van der Waals surface area contributed by atoms with Crippen LogP contribution >= 0.6 is 22.7 Å². The molecule has 0 aliphatic carbocycles. The summed E-state index contributed by atoms with van der Waals surface area (Å²) in [6.07, 6.45) is 0. The maximum atomic E-state index is 13.2. The quantitative estimate of drug-likeness (QED) is 0.285. The van der Waals surface area contributed by atoms with E-state index in [0.29, 0.717) is 37.4 Å². The minimum absolute atomic E-state index is 0.315. The number of aryl methyl sites for hydroxylation is 1. The van der Waals surface area contributed by atoms with Gasteiger partial charge in [-0.2, -0.15) is 0 Å². The largest absolute Gasteiger partial charge is 0.497 e. The number of nitrogens with one attached hydrogen (secondary N) is 1. The molecule has 0 aliphatic heterocycles. The Balaban J connectivity index is 1.74. The molecule has 5 aromatic rings. The van der Waals surface area contributed by atoms with Crippen LogP contribution in [0.1, 0.15) is 15.4 Å². The second-order valence-electron chi connectivity index (χ2n) is 7.76. The van der Waals surface area contributed by atoms with Gasteiger partial charge in [0.1, 0.15) is 21.2 Å². The highest BCUT2D eigenvalue weighted by atomic mass is 32.1. The van der Waals surface area contributed by atoms with Gasteiger partial charge in [0.05, 0.1) is 31.3 Å². The molecule has 3 N–H and O–H groups in total. The molecule has 7 nitrogen and oxygen atoms in total. The molecule has 0 spiro atoms. The summed E-state index contributed by atoms with van der Waals surface area (Å²) in [5, 5.41) is 5.95. The molecule has 5 rings (SSSR count). The van der Waals surface area contributed by atoms with E-state index < -0.39 is 0 Å². The van der Waals surface area contributed by atoms with Crippen LogP contribution in [0.25, 0.3) is 32.6 Å². The van der Waals surface area contributed by atoms with Crippen LogP contribution in [0.3, 0.4) is 0 Å². The van der Waals surface area contributed by atoms with Crippen molar-refractivity contribution < 1.29 is 14.3 Å². The second-order valence-corrected chi connectivity index (χ2v) is 9.62. The van der Waals surface area contributed by atoms with Crippen molar-refractivity contribution in [3.8, 4) is 33.9 Å². The Morgan fingerprint density at radius 1 is 1.00 bits per heavy atom. The Kier molecular flexibility index (Phi) is 6.10. The van der Waals surface area contributed by atoms with Crippen molar-refractivity contribution in [1.82, 2.24) is 9.97 Å². The van der Waals surface area contributed by atoms with Crippen molar-refractivity contribution in [2.45, 2.75) is 6.92 Å². The van der Waals surface area contributed by atoms with Gasteiger partial charge in [0, 0.05) is 27.5 Å². The molecule has 35 heavy (non-hydrogen) atoms. The highest BCUT2D eigenvalue weighted by molar-refractivity contribution is 7.21. The number of thiazole rings is 1. The summed E-state index contributed by atoms with van der Waals surface area (Å²) in [7, 11) is 3.23. The average Bonchev–Trinajstić information content (AvgIpc) is 3.45. The zero-order chi connectivity index (χ0) is 24.5. The number of aromatic nitrogens is 2. The van der Waals surface area contributed by atoms with Gasteiger partial charge in [-0.3, -0.25) is 10.1 Å². The molecule has 0 fully saturated rings. The van der Waals surface area contributed by atoms with E-state index in [1.807, 2.05) is 66.9 Å². The standard InChI is InChI=1S/C26H22N4O3S2/c1-14-13-34-26(28-14)30-24(31)23-22(27)21-18(17-11-16(32-2)9-10-20(17)33-3)12-19(29-25(21)35-23)15-7-5-4-6-8-15/h4-13H,27H2,1-3H3,(H,28,30,31). The number of nitrogen functional groups attached to an aromatic ring is 1. The fraction of sp³-hybridized carbons (Fsp3) is 0.115. The van der Waals surface area contributed by atoms with Gasteiger partial charge >= 0.3 is 0 Å².